The van der Waals surface area contributed by atoms with E-state index in [1.807, 2.05) is 13.0 Å². The van der Waals surface area contributed by atoms with Gasteiger partial charge >= 0.3 is 0 Å². The second-order valence-corrected chi connectivity index (χ2v) is 5.31. The van der Waals surface area contributed by atoms with Crippen molar-refractivity contribution in [2.45, 2.75) is 39.3 Å². The number of rotatable bonds is 6. The lowest BCUT2D eigenvalue weighted by Crippen LogP contribution is -2.50. The van der Waals surface area contributed by atoms with E-state index in [-0.39, 0.29) is 18.2 Å². The van der Waals surface area contributed by atoms with Crippen LogP contribution in [-0.4, -0.2) is 37.2 Å². The van der Waals surface area contributed by atoms with Crippen LogP contribution in [0.25, 0.3) is 0 Å². The molecule has 0 bridgehead atoms. The number of hydrogen-bond donors (Lipinski definition) is 1. The molecule has 1 aromatic rings. The minimum atomic E-state index is -0.258. The summed E-state index contributed by atoms with van der Waals surface area (Å²) in [4.78, 5) is 2.45. The summed E-state index contributed by atoms with van der Waals surface area (Å²) in [7, 11) is 0. The lowest BCUT2D eigenvalue weighted by Gasteiger charge is -2.36. The van der Waals surface area contributed by atoms with Crippen LogP contribution in [-0.2, 0) is 6.54 Å². The molecular weight excluding hydrogens is 291 g/mol. The van der Waals surface area contributed by atoms with Crippen molar-refractivity contribution in [3.8, 4) is 5.75 Å². The normalized spacial score (nSPS) is 19.1. The quantitative estimate of drug-likeness (QED) is 0.872. The van der Waals surface area contributed by atoms with E-state index in [1.165, 1.54) is 12.8 Å². The summed E-state index contributed by atoms with van der Waals surface area (Å²) in [5.41, 5.74) is 1.02. The monoisotopic (exact) mass is 316 g/mol. The molecule has 5 heteroatoms. The molecule has 1 saturated heterocycles. The highest BCUT2D eigenvalue weighted by Crippen LogP contribution is 2.21. The van der Waals surface area contributed by atoms with Crippen molar-refractivity contribution in [1.82, 2.24) is 10.2 Å². The number of hydrogen-bond acceptors (Lipinski definition) is 3. The summed E-state index contributed by atoms with van der Waals surface area (Å²) in [6.07, 6.45) is 2.37. The Balaban J connectivity index is 0.00000220. The van der Waals surface area contributed by atoms with Gasteiger partial charge in [-0.2, -0.15) is 0 Å². The zero-order valence-electron chi connectivity index (χ0n) is 12.9. The van der Waals surface area contributed by atoms with Crippen molar-refractivity contribution in [3.05, 3.63) is 29.6 Å². The topological polar surface area (TPSA) is 24.5 Å². The van der Waals surface area contributed by atoms with Crippen LogP contribution in [0.15, 0.2) is 18.2 Å². The third-order valence-corrected chi connectivity index (χ3v) is 3.78. The second kappa shape index (κ2) is 9.23. The minimum absolute atomic E-state index is 0. The zero-order valence-corrected chi connectivity index (χ0v) is 13.7. The first kappa shape index (κ1) is 18.2. The van der Waals surface area contributed by atoms with Crippen molar-refractivity contribution >= 4 is 12.4 Å². The predicted octanol–water partition coefficient (Wildman–Crippen LogP) is 3.22. The highest BCUT2D eigenvalue weighted by molar-refractivity contribution is 5.85. The first-order valence-corrected chi connectivity index (χ1v) is 7.60. The fourth-order valence-corrected chi connectivity index (χ4v) is 2.78. The van der Waals surface area contributed by atoms with Crippen LogP contribution in [0, 0.1) is 5.82 Å². The molecule has 0 radical (unpaired) electrons. The molecule has 0 saturated carbocycles. The van der Waals surface area contributed by atoms with Gasteiger partial charge in [0.1, 0.15) is 0 Å². The highest BCUT2D eigenvalue weighted by atomic mass is 35.5. The molecule has 1 aromatic carbocycles. The molecule has 120 valence electrons. The molecule has 1 aliphatic rings. The fraction of sp³-hybridized carbons (Fsp3) is 0.625. The standard InChI is InChI=1S/C16H25FN2O.ClH/c1-3-5-14-11-18-8-9-19(14)12-13-6-7-16(20-4-2)15(17)10-13;/h6-7,10,14,18H,3-5,8-9,11-12H2,1-2H3;1H. The molecule has 1 unspecified atom stereocenters. The van der Waals surface area contributed by atoms with E-state index in [2.05, 4.69) is 17.1 Å². The Hall–Kier alpha value is -0.840. The van der Waals surface area contributed by atoms with Gasteiger partial charge < -0.3 is 10.1 Å². The summed E-state index contributed by atoms with van der Waals surface area (Å²) in [5, 5.41) is 3.44. The van der Waals surface area contributed by atoms with Gasteiger partial charge in [-0.3, -0.25) is 4.90 Å². The smallest absolute Gasteiger partial charge is 0.165 e. The molecule has 1 atom stereocenters. The van der Waals surface area contributed by atoms with Gasteiger partial charge in [0.2, 0.25) is 0 Å². The molecule has 1 aliphatic heterocycles. The Kier molecular flexibility index (Phi) is 8.01. The first-order chi connectivity index (χ1) is 9.74. The predicted molar refractivity (Wildman–Crippen MR) is 86.8 cm³/mol. The van der Waals surface area contributed by atoms with Gasteiger partial charge in [0.15, 0.2) is 11.6 Å². The molecule has 2 rings (SSSR count). The van der Waals surface area contributed by atoms with E-state index in [4.69, 9.17) is 4.74 Å². The number of halogens is 2. The van der Waals surface area contributed by atoms with Gasteiger partial charge in [-0.25, -0.2) is 4.39 Å². The van der Waals surface area contributed by atoms with E-state index < -0.39 is 0 Å². The van der Waals surface area contributed by atoms with Gasteiger partial charge in [0.05, 0.1) is 6.61 Å². The van der Waals surface area contributed by atoms with Gasteiger partial charge in [-0.15, -0.1) is 12.4 Å². The van der Waals surface area contributed by atoms with E-state index >= 15 is 0 Å². The number of piperazine rings is 1. The van der Waals surface area contributed by atoms with Crippen LogP contribution in [0.3, 0.4) is 0 Å². The second-order valence-electron chi connectivity index (χ2n) is 5.31. The van der Waals surface area contributed by atoms with Crippen LogP contribution in [0.1, 0.15) is 32.3 Å². The van der Waals surface area contributed by atoms with Gasteiger partial charge in [-0.05, 0) is 31.0 Å². The molecule has 21 heavy (non-hydrogen) atoms. The maximum absolute atomic E-state index is 13.9. The SMILES string of the molecule is CCCC1CNCCN1Cc1ccc(OCC)c(F)c1.Cl. The summed E-state index contributed by atoms with van der Waals surface area (Å²) < 4.78 is 19.1. The molecule has 1 N–H and O–H groups in total. The van der Waals surface area contributed by atoms with Crippen molar-refractivity contribution in [3.63, 3.8) is 0 Å². The fourth-order valence-electron chi connectivity index (χ4n) is 2.78. The molecule has 0 aromatic heterocycles. The Labute approximate surface area is 133 Å². The number of ether oxygens (including phenoxy) is 1. The van der Waals surface area contributed by atoms with Crippen molar-refractivity contribution < 1.29 is 9.13 Å². The van der Waals surface area contributed by atoms with Crippen molar-refractivity contribution in [2.24, 2.45) is 0 Å². The number of benzene rings is 1. The first-order valence-electron chi connectivity index (χ1n) is 7.60. The summed E-state index contributed by atoms with van der Waals surface area (Å²) >= 11 is 0. The van der Waals surface area contributed by atoms with Crippen LogP contribution in [0.4, 0.5) is 4.39 Å². The van der Waals surface area contributed by atoms with E-state index in [0.29, 0.717) is 18.4 Å². The molecule has 1 heterocycles. The lowest BCUT2D eigenvalue weighted by atomic mass is 10.1. The minimum Gasteiger partial charge on any atom is -0.491 e. The summed E-state index contributed by atoms with van der Waals surface area (Å²) in [6, 6.07) is 5.88. The van der Waals surface area contributed by atoms with Gasteiger partial charge in [0, 0.05) is 32.2 Å². The Bertz CT molecular complexity index is 429. The third kappa shape index (κ3) is 5.13. The Morgan fingerprint density at radius 2 is 2.19 bits per heavy atom. The van der Waals surface area contributed by atoms with Crippen LogP contribution in [0.2, 0.25) is 0 Å². The zero-order chi connectivity index (χ0) is 14.4. The van der Waals surface area contributed by atoms with E-state index in [9.17, 15) is 4.39 Å². The van der Waals surface area contributed by atoms with Crippen LogP contribution >= 0.6 is 12.4 Å². The Morgan fingerprint density at radius 3 is 2.86 bits per heavy atom. The van der Waals surface area contributed by atoms with Crippen molar-refractivity contribution in [1.29, 1.82) is 0 Å². The molecule has 0 aliphatic carbocycles. The van der Waals surface area contributed by atoms with E-state index in [1.54, 1.807) is 12.1 Å². The van der Waals surface area contributed by atoms with Gasteiger partial charge in [-0.1, -0.05) is 19.4 Å². The average Bonchev–Trinajstić information content (AvgIpc) is 2.44. The highest BCUT2D eigenvalue weighted by Gasteiger charge is 2.21. The lowest BCUT2D eigenvalue weighted by molar-refractivity contribution is 0.144. The third-order valence-electron chi connectivity index (χ3n) is 3.78. The van der Waals surface area contributed by atoms with Crippen LogP contribution < -0.4 is 10.1 Å². The van der Waals surface area contributed by atoms with Crippen LogP contribution in [0.5, 0.6) is 5.75 Å². The number of nitrogens with one attached hydrogen (secondary N) is 1. The number of nitrogens with zero attached hydrogens (tertiary/aromatic N) is 1. The average molecular weight is 317 g/mol. The molecule has 0 spiro atoms. The summed E-state index contributed by atoms with van der Waals surface area (Å²) in [6.45, 7) is 8.46. The summed E-state index contributed by atoms with van der Waals surface area (Å²) in [5.74, 6) is 0.0909. The largest absolute Gasteiger partial charge is 0.491 e. The molecule has 0 amide bonds. The molecule has 3 nitrogen and oxygen atoms in total. The van der Waals surface area contributed by atoms with E-state index in [0.717, 1.165) is 31.7 Å². The van der Waals surface area contributed by atoms with Gasteiger partial charge in [0.25, 0.3) is 0 Å². The maximum Gasteiger partial charge on any atom is 0.165 e. The van der Waals surface area contributed by atoms with Crippen molar-refractivity contribution in [2.75, 3.05) is 26.2 Å². The molecular formula is C16H26ClFN2O. The Morgan fingerprint density at radius 1 is 1.38 bits per heavy atom. The molecule has 1 fully saturated rings. The maximum atomic E-state index is 13.9.